The Balaban J connectivity index is 3.10. The number of hydrogen-bond donors (Lipinski definition) is 7. The zero-order valence-electron chi connectivity index (χ0n) is 18.8. The van der Waals surface area contributed by atoms with Gasteiger partial charge in [0.25, 0.3) is 0 Å². The van der Waals surface area contributed by atoms with Crippen LogP contribution in [0.4, 0.5) is 0 Å². The predicted molar refractivity (Wildman–Crippen MR) is 114 cm³/mol. The second kappa shape index (κ2) is 12.0. The summed E-state index contributed by atoms with van der Waals surface area (Å²) < 4.78 is 16.1. The Morgan fingerprint density at radius 1 is 1.22 bits per heavy atom. The lowest BCUT2D eigenvalue weighted by molar-refractivity contribution is -0.198. The topological polar surface area (TPSA) is 213 Å². The number of ether oxygens (including phenoxy) is 3. The monoisotopic (exact) mass is 460 g/mol. The van der Waals surface area contributed by atoms with Crippen LogP contribution in [0.25, 0.3) is 0 Å². The summed E-state index contributed by atoms with van der Waals surface area (Å²) in [5.41, 5.74) is 17.5. The molecule has 0 bridgehead atoms. The van der Waals surface area contributed by atoms with Crippen molar-refractivity contribution < 1.29 is 39.1 Å². The second-order valence-electron chi connectivity index (χ2n) is 8.35. The van der Waals surface area contributed by atoms with Gasteiger partial charge in [-0.3, -0.25) is 4.79 Å². The number of esters is 2. The minimum atomic E-state index is -1.63. The number of nitrogens with two attached hydrogens (primary N) is 3. The van der Waals surface area contributed by atoms with E-state index in [0.717, 1.165) is 0 Å². The fraction of sp³-hybridized carbons (Fsp3) is 0.700. The molecule has 1 heterocycles. The average molecular weight is 461 g/mol. The normalized spacial score (nSPS) is 24.6. The zero-order chi connectivity index (χ0) is 24.7. The van der Waals surface area contributed by atoms with Gasteiger partial charge in [-0.25, -0.2) is 4.79 Å². The van der Waals surface area contributed by atoms with Gasteiger partial charge >= 0.3 is 11.9 Å². The maximum atomic E-state index is 12.8. The fourth-order valence-corrected chi connectivity index (χ4v) is 2.76. The Morgan fingerprint density at radius 2 is 1.81 bits per heavy atom. The molecule has 7 atom stereocenters. The van der Waals surface area contributed by atoms with Gasteiger partial charge < -0.3 is 52.0 Å². The van der Waals surface area contributed by atoms with Gasteiger partial charge in [-0.2, -0.15) is 0 Å². The van der Waals surface area contributed by atoms with Crippen LogP contribution in [0, 0.1) is 11.8 Å². The molecule has 1 rings (SSSR count). The molecule has 2 unspecified atom stereocenters. The third-order valence-corrected chi connectivity index (χ3v) is 4.85. The second-order valence-corrected chi connectivity index (χ2v) is 8.35. The third kappa shape index (κ3) is 7.35. The number of aliphatic hydroxyl groups excluding tert-OH is 3. The third-order valence-electron chi connectivity index (χ3n) is 4.85. The van der Waals surface area contributed by atoms with Crippen molar-refractivity contribution in [3.05, 3.63) is 24.2 Å². The minimum Gasteiger partial charge on any atom is -0.479 e. The summed E-state index contributed by atoms with van der Waals surface area (Å²) in [4.78, 5) is 25.0. The van der Waals surface area contributed by atoms with Crippen molar-refractivity contribution in [2.45, 2.75) is 70.4 Å². The predicted octanol–water partition coefficient (Wildman–Crippen LogP) is -2.25. The van der Waals surface area contributed by atoms with E-state index in [0.29, 0.717) is 0 Å². The van der Waals surface area contributed by atoms with Crippen molar-refractivity contribution in [3.63, 3.8) is 0 Å². The Labute approximate surface area is 187 Å². The lowest BCUT2D eigenvalue weighted by atomic mass is 9.93. The smallest absolute Gasteiger partial charge is 0.376 e. The summed E-state index contributed by atoms with van der Waals surface area (Å²) in [6.07, 6.45) is -4.51. The number of aliphatic hydroxyl groups is 3. The van der Waals surface area contributed by atoms with E-state index < -0.39 is 67.2 Å². The molecule has 0 aliphatic carbocycles. The van der Waals surface area contributed by atoms with Crippen LogP contribution in [0.1, 0.15) is 27.7 Å². The van der Waals surface area contributed by atoms with Crippen LogP contribution in [0.2, 0.25) is 0 Å². The van der Waals surface area contributed by atoms with Gasteiger partial charge in [-0.05, 0) is 12.0 Å². The molecule has 184 valence electrons. The molecule has 1 aliphatic heterocycles. The van der Waals surface area contributed by atoms with Gasteiger partial charge in [-0.15, -0.1) is 0 Å². The number of rotatable bonds is 11. The lowest BCUT2D eigenvalue weighted by Crippen LogP contribution is -2.60. The Bertz CT molecular complexity index is 699. The van der Waals surface area contributed by atoms with Crippen LogP contribution >= 0.6 is 0 Å². The van der Waals surface area contributed by atoms with Crippen molar-refractivity contribution in [1.82, 2.24) is 5.32 Å². The van der Waals surface area contributed by atoms with Crippen LogP contribution in [-0.2, 0) is 23.8 Å². The molecule has 32 heavy (non-hydrogen) atoms. The van der Waals surface area contributed by atoms with E-state index in [2.05, 4.69) is 11.9 Å². The van der Waals surface area contributed by atoms with Gasteiger partial charge in [-0.1, -0.05) is 34.3 Å². The highest BCUT2D eigenvalue weighted by Crippen LogP contribution is 2.24. The van der Waals surface area contributed by atoms with Gasteiger partial charge in [0, 0.05) is 5.92 Å². The quantitative estimate of drug-likeness (QED) is 0.129. The largest absolute Gasteiger partial charge is 0.479 e. The Kier molecular flexibility index (Phi) is 10.4. The highest BCUT2D eigenvalue weighted by molar-refractivity contribution is 5.87. The molecule has 0 saturated heterocycles. The maximum Gasteiger partial charge on any atom is 0.376 e. The van der Waals surface area contributed by atoms with E-state index in [-0.39, 0.29) is 17.5 Å². The lowest BCUT2D eigenvalue weighted by Gasteiger charge is -2.38. The van der Waals surface area contributed by atoms with E-state index in [4.69, 9.17) is 36.5 Å². The molecular formula is C20H36N4O8. The number of carbonyl (C=O) groups excluding carboxylic acids is 2. The number of nitrogens with one attached hydrogen (secondary N) is 1. The Hall–Kier alpha value is -2.38. The molecule has 10 N–H and O–H groups in total. The van der Waals surface area contributed by atoms with Crippen molar-refractivity contribution in [3.8, 4) is 0 Å². The number of hydrogen-bond acceptors (Lipinski definition) is 12. The average Bonchev–Trinajstić information content (AvgIpc) is 2.72. The highest BCUT2D eigenvalue weighted by Gasteiger charge is 2.42. The zero-order valence-corrected chi connectivity index (χ0v) is 18.8. The van der Waals surface area contributed by atoms with E-state index in [1.807, 2.05) is 0 Å². The van der Waals surface area contributed by atoms with Gasteiger partial charge in [0.2, 0.25) is 12.0 Å². The minimum absolute atomic E-state index is 0.0314. The standard InChI is InChI=1S/C20H36N4O8/c1-8(2)14(22)19(29)32-20(9(3)4)31-18(28)13-6-11(24-10(5)21)15(23)17(30-13)16(27)12(26)7-25/h6,8-9,11-12,14-17,20,24-27H,5,7,21-23H2,1-4H3/t11-,12+,14?,15+,16+,17+,20?/m0/s1. The van der Waals surface area contributed by atoms with Gasteiger partial charge in [0.1, 0.15) is 24.4 Å². The molecule has 0 amide bonds. The van der Waals surface area contributed by atoms with E-state index >= 15 is 0 Å². The molecule has 0 spiro atoms. The van der Waals surface area contributed by atoms with Crippen LogP contribution in [0.5, 0.6) is 0 Å². The highest BCUT2D eigenvalue weighted by atomic mass is 16.7. The first kappa shape index (κ1) is 27.7. The summed E-state index contributed by atoms with van der Waals surface area (Å²) in [5.74, 6) is -2.67. The maximum absolute atomic E-state index is 12.8. The summed E-state index contributed by atoms with van der Waals surface area (Å²) >= 11 is 0. The molecule has 0 aromatic rings. The molecular weight excluding hydrogens is 424 g/mol. The van der Waals surface area contributed by atoms with Crippen LogP contribution in [-0.4, -0.2) is 76.6 Å². The molecule has 0 saturated carbocycles. The van der Waals surface area contributed by atoms with Crippen molar-refractivity contribution in [2.24, 2.45) is 29.0 Å². The van der Waals surface area contributed by atoms with E-state index in [1.54, 1.807) is 27.7 Å². The molecule has 12 nitrogen and oxygen atoms in total. The van der Waals surface area contributed by atoms with Gasteiger partial charge in [0.05, 0.1) is 24.5 Å². The first-order valence-electron chi connectivity index (χ1n) is 10.3. The van der Waals surface area contributed by atoms with Crippen LogP contribution < -0.4 is 22.5 Å². The summed E-state index contributed by atoms with van der Waals surface area (Å²) in [6.45, 7) is 9.59. The molecule has 0 radical (unpaired) electrons. The first-order chi connectivity index (χ1) is 14.8. The van der Waals surface area contributed by atoms with Crippen molar-refractivity contribution in [1.29, 1.82) is 0 Å². The summed E-state index contributed by atoms with van der Waals surface area (Å²) in [6, 6.07) is -2.71. The van der Waals surface area contributed by atoms with Crippen LogP contribution in [0.3, 0.4) is 0 Å². The van der Waals surface area contributed by atoms with Gasteiger partial charge in [0.15, 0.2) is 0 Å². The molecule has 0 fully saturated rings. The molecule has 0 aromatic heterocycles. The van der Waals surface area contributed by atoms with E-state index in [9.17, 15) is 19.8 Å². The van der Waals surface area contributed by atoms with Crippen LogP contribution in [0.15, 0.2) is 24.2 Å². The fourth-order valence-electron chi connectivity index (χ4n) is 2.76. The molecule has 0 aromatic carbocycles. The molecule has 1 aliphatic rings. The number of carbonyl (C=O) groups is 2. The van der Waals surface area contributed by atoms with E-state index in [1.165, 1.54) is 6.08 Å². The van der Waals surface area contributed by atoms with Crippen molar-refractivity contribution in [2.75, 3.05) is 6.61 Å². The summed E-state index contributed by atoms with van der Waals surface area (Å²) in [7, 11) is 0. The SMILES string of the molecule is C=C(N)N[C@H]1C=C(C(=O)OC(OC(=O)C(N)C(C)C)C(C)C)O[C@@H]([C@H](O)[C@H](O)CO)[C@@H]1N. The van der Waals surface area contributed by atoms with Crippen molar-refractivity contribution >= 4 is 11.9 Å². The Morgan fingerprint density at radius 3 is 2.28 bits per heavy atom. The summed E-state index contributed by atoms with van der Waals surface area (Å²) in [5, 5.41) is 32.0. The molecule has 12 heteroatoms. The first-order valence-corrected chi connectivity index (χ1v) is 10.3.